The van der Waals surface area contributed by atoms with Gasteiger partial charge in [0.15, 0.2) is 0 Å². The number of ether oxygens (including phenoxy) is 1. The number of aliphatic hydroxyl groups is 1. The molecule has 0 aliphatic rings. The third kappa shape index (κ3) is 8.38. The van der Waals surface area contributed by atoms with Gasteiger partial charge in [0.1, 0.15) is 0 Å². The lowest BCUT2D eigenvalue weighted by atomic mass is 10.3. The molecule has 0 aromatic heterocycles. The van der Waals surface area contributed by atoms with Gasteiger partial charge in [-0.25, -0.2) is 0 Å². The molecular weight excluding hydrogens is 200 g/mol. The fourth-order valence-electron chi connectivity index (χ4n) is 0.817. The van der Waals surface area contributed by atoms with E-state index in [0.29, 0.717) is 12.4 Å². The first-order valence-electron chi connectivity index (χ1n) is 4.83. The second kappa shape index (κ2) is 6.30. The molecule has 0 aliphatic heterocycles. The highest BCUT2D eigenvalue weighted by atomic mass is 32.2. The lowest BCUT2D eigenvalue weighted by molar-refractivity contribution is -0.144. The summed E-state index contributed by atoms with van der Waals surface area (Å²) >= 11 is 1.64. The highest BCUT2D eigenvalue weighted by Crippen LogP contribution is 2.24. The molecule has 4 heteroatoms. The smallest absolute Gasteiger partial charge is 0.308 e. The van der Waals surface area contributed by atoms with Gasteiger partial charge in [0.05, 0.1) is 19.1 Å². The van der Waals surface area contributed by atoms with Gasteiger partial charge in [-0.1, -0.05) is 20.8 Å². The van der Waals surface area contributed by atoms with Gasteiger partial charge in [-0.15, -0.1) is 0 Å². The number of hydrogen-bond donors (Lipinski definition) is 1. The minimum atomic E-state index is -0.599. The quantitative estimate of drug-likeness (QED) is 0.718. The van der Waals surface area contributed by atoms with E-state index in [-0.39, 0.29) is 17.1 Å². The van der Waals surface area contributed by atoms with Gasteiger partial charge in [0.25, 0.3) is 0 Å². The van der Waals surface area contributed by atoms with Crippen LogP contribution in [0.2, 0.25) is 0 Å². The van der Waals surface area contributed by atoms with Crippen molar-refractivity contribution in [2.75, 3.05) is 12.4 Å². The molecule has 0 aromatic rings. The van der Waals surface area contributed by atoms with Crippen molar-refractivity contribution in [3.8, 4) is 0 Å². The van der Waals surface area contributed by atoms with Gasteiger partial charge in [0.2, 0.25) is 0 Å². The summed E-state index contributed by atoms with van der Waals surface area (Å²) in [5.41, 5.74) is 0. The van der Waals surface area contributed by atoms with E-state index in [2.05, 4.69) is 20.8 Å². The van der Waals surface area contributed by atoms with Crippen molar-refractivity contribution in [2.45, 2.75) is 45.0 Å². The molecule has 3 nitrogen and oxygen atoms in total. The molecule has 0 radical (unpaired) electrons. The van der Waals surface area contributed by atoms with E-state index < -0.39 is 6.10 Å². The molecule has 0 rings (SSSR count). The monoisotopic (exact) mass is 220 g/mol. The second-order valence-corrected chi connectivity index (χ2v) is 5.93. The summed E-state index contributed by atoms with van der Waals surface area (Å²) in [5, 5.41) is 9.49. The molecule has 0 amide bonds. The van der Waals surface area contributed by atoms with E-state index in [4.69, 9.17) is 4.74 Å². The number of hydrogen-bond acceptors (Lipinski definition) is 4. The van der Waals surface area contributed by atoms with Crippen LogP contribution in [0.3, 0.4) is 0 Å². The van der Waals surface area contributed by atoms with Gasteiger partial charge in [-0.05, 0) is 6.92 Å². The second-order valence-electron chi connectivity index (χ2n) is 4.09. The van der Waals surface area contributed by atoms with Crippen LogP contribution in [0, 0.1) is 0 Å². The largest absolute Gasteiger partial charge is 0.466 e. The fraction of sp³-hybridized carbons (Fsp3) is 0.900. The molecular formula is C10H20O3S. The topological polar surface area (TPSA) is 46.5 Å². The SMILES string of the molecule is CCOC(=O)CC(O)CSC(C)(C)C. The Balaban J connectivity index is 3.65. The van der Waals surface area contributed by atoms with Crippen molar-refractivity contribution in [3.05, 3.63) is 0 Å². The Morgan fingerprint density at radius 1 is 1.50 bits per heavy atom. The van der Waals surface area contributed by atoms with Crippen LogP contribution in [0.4, 0.5) is 0 Å². The van der Waals surface area contributed by atoms with Crippen molar-refractivity contribution >= 4 is 17.7 Å². The molecule has 0 aromatic carbocycles. The molecule has 1 atom stereocenters. The molecule has 0 spiro atoms. The van der Waals surface area contributed by atoms with E-state index in [9.17, 15) is 9.90 Å². The van der Waals surface area contributed by atoms with Crippen molar-refractivity contribution in [2.24, 2.45) is 0 Å². The summed E-state index contributed by atoms with van der Waals surface area (Å²) in [6, 6.07) is 0. The maximum Gasteiger partial charge on any atom is 0.308 e. The minimum Gasteiger partial charge on any atom is -0.466 e. The van der Waals surface area contributed by atoms with Gasteiger partial charge in [-0.3, -0.25) is 4.79 Å². The molecule has 0 saturated carbocycles. The van der Waals surface area contributed by atoms with Gasteiger partial charge < -0.3 is 9.84 Å². The average Bonchev–Trinajstić information content (AvgIpc) is 2.00. The third-order valence-corrected chi connectivity index (χ3v) is 2.83. The lowest BCUT2D eigenvalue weighted by Crippen LogP contribution is -2.21. The first-order chi connectivity index (χ1) is 6.35. The molecule has 1 N–H and O–H groups in total. The van der Waals surface area contributed by atoms with Crippen LogP contribution in [0.5, 0.6) is 0 Å². The molecule has 0 fully saturated rings. The molecule has 1 unspecified atom stereocenters. The molecule has 14 heavy (non-hydrogen) atoms. The highest BCUT2D eigenvalue weighted by molar-refractivity contribution is 8.00. The standard InChI is InChI=1S/C10H20O3S/c1-5-13-9(12)6-8(11)7-14-10(2,3)4/h8,11H,5-7H2,1-4H3. The van der Waals surface area contributed by atoms with Crippen LogP contribution < -0.4 is 0 Å². The zero-order chi connectivity index (χ0) is 11.2. The van der Waals surface area contributed by atoms with Gasteiger partial charge in [-0.2, -0.15) is 11.8 Å². The number of esters is 1. The Bertz CT molecular complexity index is 175. The van der Waals surface area contributed by atoms with Crippen molar-refractivity contribution in [1.29, 1.82) is 0 Å². The van der Waals surface area contributed by atoms with Crippen molar-refractivity contribution < 1.29 is 14.6 Å². The van der Waals surface area contributed by atoms with E-state index in [1.54, 1.807) is 18.7 Å². The van der Waals surface area contributed by atoms with Crippen LogP contribution in [0.15, 0.2) is 0 Å². The molecule has 0 heterocycles. The van der Waals surface area contributed by atoms with Crippen LogP contribution in [0.25, 0.3) is 0 Å². The lowest BCUT2D eigenvalue weighted by Gasteiger charge is -2.19. The number of carbonyl (C=O) groups excluding carboxylic acids is 1. The zero-order valence-electron chi connectivity index (χ0n) is 9.37. The van der Waals surface area contributed by atoms with E-state index in [1.807, 2.05) is 0 Å². The maximum atomic E-state index is 11.0. The van der Waals surface area contributed by atoms with Crippen molar-refractivity contribution in [3.63, 3.8) is 0 Å². The van der Waals surface area contributed by atoms with Gasteiger partial charge in [0, 0.05) is 10.5 Å². The predicted molar refractivity (Wildman–Crippen MR) is 59.5 cm³/mol. The van der Waals surface area contributed by atoms with E-state index in [1.165, 1.54) is 0 Å². The molecule has 0 aliphatic carbocycles. The summed E-state index contributed by atoms with van der Waals surface area (Å²) in [7, 11) is 0. The fourth-order valence-corrected chi connectivity index (χ4v) is 1.63. The molecule has 84 valence electrons. The predicted octanol–water partition coefficient (Wildman–Crippen LogP) is 1.83. The Morgan fingerprint density at radius 3 is 2.50 bits per heavy atom. The Kier molecular flexibility index (Phi) is 6.20. The van der Waals surface area contributed by atoms with Crippen LogP contribution in [0.1, 0.15) is 34.1 Å². The van der Waals surface area contributed by atoms with Gasteiger partial charge >= 0.3 is 5.97 Å². The summed E-state index contributed by atoms with van der Waals surface area (Å²) in [6.07, 6.45) is -0.505. The number of carbonyl (C=O) groups is 1. The Hall–Kier alpha value is -0.220. The summed E-state index contributed by atoms with van der Waals surface area (Å²) < 4.78 is 4.86. The first kappa shape index (κ1) is 13.8. The van der Waals surface area contributed by atoms with E-state index >= 15 is 0 Å². The Labute approximate surface area is 90.2 Å². The maximum absolute atomic E-state index is 11.0. The zero-order valence-corrected chi connectivity index (χ0v) is 10.2. The summed E-state index contributed by atoms with van der Waals surface area (Å²) in [5.74, 6) is 0.247. The minimum absolute atomic E-state index is 0.0942. The first-order valence-corrected chi connectivity index (χ1v) is 5.81. The third-order valence-electron chi connectivity index (χ3n) is 1.42. The number of thioether (sulfide) groups is 1. The average molecular weight is 220 g/mol. The van der Waals surface area contributed by atoms with Crippen LogP contribution in [-0.2, 0) is 9.53 Å². The normalized spacial score (nSPS) is 13.8. The van der Waals surface area contributed by atoms with Crippen molar-refractivity contribution in [1.82, 2.24) is 0 Å². The Morgan fingerprint density at radius 2 is 2.07 bits per heavy atom. The highest BCUT2D eigenvalue weighted by Gasteiger charge is 2.16. The molecule has 0 saturated heterocycles. The number of aliphatic hydroxyl groups excluding tert-OH is 1. The molecule has 0 bridgehead atoms. The summed E-state index contributed by atoms with van der Waals surface area (Å²) in [4.78, 5) is 11.0. The summed E-state index contributed by atoms with van der Waals surface area (Å²) in [6.45, 7) is 8.37. The van der Waals surface area contributed by atoms with Crippen LogP contribution >= 0.6 is 11.8 Å². The van der Waals surface area contributed by atoms with Crippen LogP contribution in [-0.4, -0.2) is 34.3 Å². The van der Waals surface area contributed by atoms with E-state index in [0.717, 1.165) is 0 Å². The number of rotatable bonds is 5.